The fourth-order valence-electron chi connectivity index (χ4n) is 6.24. The first kappa shape index (κ1) is 17.4. The molecule has 0 N–H and O–H groups in total. The van der Waals surface area contributed by atoms with Gasteiger partial charge < -0.3 is 0 Å². The summed E-state index contributed by atoms with van der Waals surface area (Å²) in [6.07, 6.45) is 14.2. The van der Waals surface area contributed by atoms with Crippen LogP contribution in [0.3, 0.4) is 0 Å². The molecule has 2 saturated carbocycles. The van der Waals surface area contributed by atoms with E-state index in [1.165, 1.54) is 51.4 Å². The first-order valence-corrected chi connectivity index (χ1v) is 11.0. The average molecular weight is 337 g/mol. The van der Waals surface area contributed by atoms with E-state index in [-0.39, 0.29) is 0 Å². The summed E-state index contributed by atoms with van der Waals surface area (Å²) >= 11 is 0. The molecule has 4 atom stereocenters. The lowest BCUT2D eigenvalue weighted by Gasteiger charge is -2.40. The van der Waals surface area contributed by atoms with Crippen molar-refractivity contribution in [3.63, 3.8) is 0 Å². The molecule has 1 unspecified atom stereocenters. The minimum Gasteiger partial charge on any atom is -0.0726 e. The predicted octanol–water partition coefficient (Wildman–Crippen LogP) is 7.46. The highest BCUT2D eigenvalue weighted by molar-refractivity contribution is 5.76. The molecule has 25 heavy (non-hydrogen) atoms. The van der Waals surface area contributed by atoms with E-state index in [2.05, 4.69) is 51.1 Å². The zero-order valence-electron chi connectivity index (χ0n) is 16.5. The Morgan fingerprint density at radius 2 is 1.68 bits per heavy atom. The van der Waals surface area contributed by atoms with Crippen molar-refractivity contribution in [3.05, 3.63) is 41.5 Å². The third-order valence-electron chi connectivity index (χ3n) is 7.57. The van der Waals surface area contributed by atoms with Gasteiger partial charge in [0.1, 0.15) is 0 Å². The molecule has 3 aliphatic rings. The molecule has 3 aliphatic carbocycles. The minimum absolute atomic E-state index is 0.684. The van der Waals surface area contributed by atoms with Crippen molar-refractivity contribution < 1.29 is 0 Å². The van der Waals surface area contributed by atoms with Crippen LogP contribution in [0.25, 0.3) is 5.57 Å². The van der Waals surface area contributed by atoms with Gasteiger partial charge in [0, 0.05) is 5.92 Å². The molecular weight excluding hydrogens is 300 g/mol. The maximum Gasteiger partial charge on any atom is 0.00612 e. The summed E-state index contributed by atoms with van der Waals surface area (Å²) < 4.78 is 0. The molecule has 0 radical (unpaired) electrons. The van der Waals surface area contributed by atoms with Gasteiger partial charge in [0.15, 0.2) is 0 Å². The van der Waals surface area contributed by atoms with E-state index in [4.69, 9.17) is 0 Å². The van der Waals surface area contributed by atoms with Crippen molar-refractivity contribution in [1.29, 1.82) is 0 Å². The number of hydrogen-bond donors (Lipinski definition) is 0. The number of allylic oxidation sites excluding steroid dienone is 2. The topological polar surface area (TPSA) is 0 Å². The predicted molar refractivity (Wildman–Crippen MR) is 109 cm³/mol. The first-order chi connectivity index (χ1) is 12.1. The van der Waals surface area contributed by atoms with E-state index in [0.717, 1.165) is 29.6 Å². The second-order valence-electron chi connectivity index (χ2n) is 9.56. The maximum atomic E-state index is 2.75. The molecule has 0 aromatic heterocycles. The molecule has 0 heterocycles. The summed E-state index contributed by atoms with van der Waals surface area (Å²) in [6.45, 7) is 7.40. The molecule has 0 amide bonds. The quantitative estimate of drug-likeness (QED) is 0.537. The summed E-state index contributed by atoms with van der Waals surface area (Å²) in [6, 6.07) is 9.41. The van der Waals surface area contributed by atoms with Crippen LogP contribution in [0.2, 0.25) is 0 Å². The molecule has 1 aromatic carbocycles. The van der Waals surface area contributed by atoms with Gasteiger partial charge in [0.05, 0.1) is 0 Å². The molecule has 0 heteroatoms. The minimum atomic E-state index is 0.684. The fourth-order valence-corrected chi connectivity index (χ4v) is 6.24. The lowest BCUT2D eigenvalue weighted by atomic mass is 9.64. The Labute approximate surface area is 155 Å². The Morgan fingerprint density at radius 3 is 2.44 bits per heavy atom. The second-order valence-corrected chi connectivity index (χ2v) is 9.56. The number of rotatable bonds is 3. The smallest absolute Gasteiger partial charge is 0.00612 e. The molecule has 1 aromatic rings. The third-order valence-corrected chi connectivity index (χ3v) is 7.57. The maximum absolute atomic E-state index is 2.75. The van der Waals surface area contributed by atoms with Crippen LogP contribution in [0, 0.1) is 29.6 Å². The first-order valence-electron chi connectivity index (χ1n) is 11.0. The molecule has 0 aliphatic heterocycles. The SMILES string of the molecule is CC(C)[C@H]1CC[C@H](C)C[C@H]1C1C=C(C2CCCCC2)c2ccccc21. The summed E-state index contributed by atoms with van der Waals surface area (Å²) in [5.74, 6) is 4.99. The van der Waals surface area contributed by atoms with Gasteiger partial charge >= 0.3 is 0 Å². The Hall–Kier alpha value is -1.04. The average Bonchev–Trinajstić information content (AvgIpc) is 3.02. The molecule has 136 valence electrons. The van der Waals surface area contributed by atoms with Crippen molar-refractivity contribution in [2.24, 2.45) is 29.6 Å². The van der Waals surface area contributed by atoms with Crippen molar-refractivity contribution in [3.8, 4) is 0 Å². The van der Waals surface area contributed by atoms with Crippen LogP contribution in [0.15, 0.2) is 30.3 Å². The van der Waals surface area contributed by atoms with E-state index < -0.39 is 0 Å². The summed E-state index contributed by atoms with van der Waals surface area (Å²) in [5.41, 5.74) is 4.99. The van der Waals surface area contributed by atoms with E-state index in [0.29, 0.717) is 5.92 Å². The lowest BCUT2D eigenvalue weighted by molar-refractivity contribution is 0.132. The second kappa shape index (κ2) is 7.29. The Balaban J connectivity index is 1.69. The molecule has 0 nitrogen and oxygen atoms in total. The van der Waals surface area contributed by atoms with E-state index in [1.807, 2.05) is 0 Å². The van der Waals surface area contributed by atoms with E-state index >= 15 is 0 Å². The molecule has 4 rings (SSSR count). The molecule has 0 bridgehead atoms. The van der Waals surface area contributed by atoms with Crippen molar-refractivity contribution in [2.45, 2.75) is 78.1 Å². The van der Waals surface area contributed by atoms with Gasteiger partial charge in [-0.3, -0.25) is 0 Å². The van der Waals surface area contributed by atoms with Crippen LogP contribution < -0.4 is 0 Å². The zero-order chi connectivity index (χ0) is 17.4. The van der Waals surface area contributed by atoms with Crippen LogP contribution in [0.4, 0.5) is 0 Å². The van der Waals surface area contributed by atoms with Crippen molar-refractivity contribution in [1.82, 2.24) is 0 Å². The Kier molecular flexibility index (Phi) is 5.07. The largest absolute Gasteiger partial charge is 0.0726 e. The summed E-state index contributed by atoms with van der Waals surface area (Å²) in [5, 5.41) is 0. The lowest BCUT2D eigenvalue weighted by Crippen LogP contribution is -2.31. The monoisotopic (exact) mass is 336 g/mol. The van der Waals surface area contributed by atoms with Gasteiger partial charge in [-0.2, -0.15) is 0 Å². The van der Waals surface area contributed by atoms with Crippen molar-refractivity contribution in [2.75, 3.05) is 0 Å². The number of fused-ring (bicyclic) bond motifs is 1. The Bertz CT molecular complexity index is 617. The van der Waals surface area contributed by atoms with Gasteiger partial charge in [0.25, 0.3) is 0 Å². The molecule has 2 fully saturated rings. The fraction of sp³-hybridized carbons (Fsp3) is 0.680. The highest BCUT2D eigenvalue weighted by Gasteiger charge is 2.39. The highest BCUT2D eigenvalue weighted by Crippen LogP contribution is 2.52. The Morgan fingerprint density at radius 1 is 0.920 bits per heavy atom. The standard InChI is InChI=1S/C25H36/c1-17(2)20-14-13-18(3)15-24(20)25-16-23(19-9-5-4-6-10-19)21-11-7-8-12-22(21)25/h7-8,11-12,16-20,24-25H,4-6,9-10,13-15H2,1-3H3/t18-,20+,24+,25?/m0/s1. The number of hydrogen-bond acceptors (Lipinski definition) is 0. The van der Waals surface area contributed by atoms with Crippen LogP contribution in [-0.2, 0) is 0 Å². The normalized spacial score (nSPS) is 33.4. The number of benzene rings is 1. The van der Waals surface area contributed by atoms with Crippen LogP contribution in [0.5, 0.6) is 0 Å². The van der Waals surface area contributed by atoms with E-state index in [1.54, 1.807) is 16.7 Å². The highest BCUT2D eigenvalue weighted by atomic mass is 14.4. The summed E-state index contributed by atoms with van der Waals surface area (Å²) in [4.78, 5) is 0. The van der Waals surface area contributed by atoms with Crippen LogP contribution in [-0.4, -0.2) is 0 Å². The van der Waals surface area contributed by atoms with Gasteiger partial charge in [-0.05, 0) is 72.0 Å². The van der Waals surface area contributed by atoms with Gasteiger partial charge in [0.2, 0.25) is 0 Å². The molecule has 0 saturated heterocycles. The van der Waals surface area contributed by atoms with Gasteiger partial charge in [-0.25, -0.2) is 0 Å². The third kappa shape index (κ3) is 3.34. The molecule has 0 spiro atoms. The molecular formula is C25H36. The summed E-state index contributed by atoms with van der Waals surface area (Å²) in [7, 11) is 0. The zero-order valence-corrected chi connectivity index (χ0v) is 16.5. The van der Waals surface area contributed by atoms with Crippen molar-refractivity contribution >= 4 is 5.57 Å². The van der Waals surface area contributed by atoms with Crippen LogP contribution >= 0.6 is 0 Å². The van der Waals surface area contributed by atoms with Gasteiger partial charge in [-0.1, -0.05) is 76.8 Å². The van der Waals surface area contributed by atoms with E-state index in [9.17, 15) is 0 Å². The van der Waals surface area contributed by atoms with Crippen LogP contribution in [0.1, 0.15) is 89.2 Å². The van der Waals surface area contributed by atoms with Gasteiger partial charge in [-0.15, -0.1) is 0 Å².